The lowest BCUT2D eigenvalue weighted by molar-refractivity contribution is -0.135. The lowest BCUT2D eigenvalue weighted by Crippen LogP contribution is -2.67. The average Bonchev–Trinajstić information content (AvgIpc) is 2.60. The molecule has 1 aliphatic rings. The van der Waals surface area contributed by atoms with Crippen LogP contribution < -0.4 is 4.72 Å². The number of halogens is 1. The maximum atomic E-state index is 12.7. The van der Waals surface area contributed by atoms with Crippen molar-refractivity contribution >= 4 is 33.4 Å². The standard InChI is InChI=1S/C18H17ClN2O4S/c1-18(11-12-21(18)16(22)13-7-3-2-4-8-13)17(23)20-26(24,25)15-10-6-5-9-14(15)19/h2-10H,11-12H2,1H3,(H,20,23). The van der Waals surface area contributed by atoms with E-state index in [1.54, 1.807) is 43.3 Å². The van der Waals surface area contributed by atoms with Gasteiger partial charge in [0.2, 0.25) is 0 Å². The average molecular weight is 393 g/mol. The summed E-state index contributed by atoms with van der Waals surface area (Å²) in [5, 5.41) is 0.0174. The van der Waals surface area contributed by atoms with E-state index in [1.165, 1.54) is 23.1 Å². The van der Waals surface area contributed by atoms with E-state index in [0.29, 0.717) is 18.5 Å². The zero-order valence-electron chi connectivity index (χ0n) is 14.0. The molecule has 0 spiro atoms. The molecule has 1 N–H and O–H groups in total. The van der Waals surface area contributed by atoms with E-state index in [1.807, 2.05) is 4.72 Å². The summed E-state index contributed by atoms with van der Waals surface area (Å²) in [5.74, 6) is -1.07. The van der Waals surface area contributed by atoms with E-state index >= 15 is 0 Å². The number of benzene rings is 2. The van der Waals surface area contributed by atoms with Gasteiger partial charge in [-0.2, -0.15) is 0 Å². The summed E-state index contributed by atoms with van der Waals surface area (Å²) in [6.45, 7) is 1.93. The number of amides is 2. The van der Waals surface area contributed by atoms with Crippen molar-refractivity contribution < 1.29 is 18.0 Å². The number of hydrogen-bond acceptors (Lipinski definition) is 4. The van der Waals surface area contributed by atoms with Crippen LogP contribution in [-0.4, -0.2) is 37.2 Å². The molecule has 1 atom stereocenters. The fourth-order valence-electron chi connectivity index (χ4n) is 2.81. The molecule has 136 valence electrons. The molecule has 1 fully saturated rings. The van der Waals surface area contributed by atoms with Gasteiger partial charge in [-0.15, -0.1) is 0 Å². The Kier molecular flexibility index (Phi) is 4.77. The quantitative estimate of drug-likeness (QED) is 0.866. The number of sulfonamides is 1. The molecule has 1 saturated heterocycles. The predicted octanol–water partition coefficient (Wildman–Crippen LogP) is 2.45. The van der Waals surface area contributed by atoms with Crippen LogP contribution in [0.5, 0.6) is 0 Å². The van der Waals surface area contributed by atoms with Crippen molar-refractivity contribution in [1.82, 2.24) is 9.62 Å². The Balaban J connectivity index is 1.81. The number of carbonyl (C=O) groups excluding carboxylic acids is 2. The van der Waals surface area contributed by atoms with Crippen LogP contribution in [-0.2, 0) is 14.8 Å². The fraction of sp³-hybridized carbons (Fsp3) is 0.222. The molecule has 1 aliphatic heterocycles. The summed E-state index contributed by atoms with van der Waals surface area (Å²) >= 11 is 5.92. The molecule has 2 amide bonds. The Morgan fingerprint density at radius 3 is 2.27 bits per heavy atom. The van der Waals surface area contributed by atoms with Gasteiger partial charge in [-0.25, -0.2) is 13.1 Å². The third-order valence-corrected chi connectivity index (χ3v) is 6.36. The van der Waals surface area contributed by atoms with Gasteiger partial charge in [0, 0.05) is 12.1 Å². The zero-order valence-corrected chi connectivity index (χ0v) is 15.5. The Morgan fingerprint density at radius 2 is 1.69 bits per heavy atom. The highest BCUT2D eigenvalue weighted by atomic mass is 35.5. The summed E-state index contributed by atoms with van der Waals surface area (Å²) in [7, 11) is -4.13. The van der Waals surface area contributed by atoms with Crippen LogP contribution in [0.25, 0.3) is 0 Å². The van der Waals surface area contributed by atoms with Gasteiger partial charge in [-0.05, 0) is 37.6 Å². The van der Waals surface area contributed by atoms with Crippen LogP contribution in [0.3, 0.4) is 0 Å². The number of carbonyl (C=O) groups is 2. The molecule has 2 aromatic rings. The third-order valence-electron chi connectivity index (χ3n) is 4.53. The van der Waals surface area contributed by atoms with E-state index in [9.17, 15) is 18.0 Å². The van der Waals surface area contributed by atoms with Gasteiger partial charge < -0.3 is 4.90 Å². The van der Waals surface area contributed by atoms with Crippen molar-refractivity contribution in [2.45, 2.75) is 23.8 Å². The van der Waals surface area contributed by atoms with Gasteiger partial charge in [-0.1, -0.05) is 41.9 Å². The number of nitrogens with one attached hydrogen (secondary N) is 1. The minimum absolute atomic E-state index is 0.0174. The Morgan fingerprint density at radius 1 is 1.08 bits per heavy atom. The fourth-order valence-corrected chi connectivity index (χ4v) is 4.40. The second-order valence-corrected chi connectivity index (χ2v) is 8.27. The highest BCUT2D eigenvalue weighted by Gasteiger charge is 2.50. The molecule has 0 saturated carbocycles. The molecule has 26 heavy (non-hydrogen) atoms. The molecule has 2 aromatic carbocycles. The second-order valence-electron chi connectivity index (χ2n) is 6.21. The largest absolute Gasteiger partial charge is 0.324 e. The summed E-state index contributed by atoms with van der Waals surface area (Å²) in [6, 6.07) is 14.4. The minimum atomic E-state index is -4.13. The first-order valence-electron chi connectivity index (χ1n) is 7.94. The molecule has 6 nitrogen and oxygen atoms in total. The molecule has 0 radical (unpaired) electrons. The van der Waals surface area contributed by atoms with Crippen molar-refractivity contribution in [2.75, 3.05) is 6.54 Å². The SMILES string of the molecule is CC1(C(=O)NS(=O)(=O)c2ccccc2Cl)CCN1C(=O)c1ccccc1. The highest BCUT2D eigenvalue weighted by Crippen LogP contribution is 2.33. The number of likely N-dealkylation sites (tertiary alicyclic amines) is 1. The normalized spacial score (nSPS) is 19.5. The molecular formula is C18H17ClN2O4S. The van der Waals surface area contributed by atoms with Gasteiger partial charge in [0.05, 0.1) is 5.02 Å². The Bertz CT molecular complexity index is 962. The maximum Gasteiger partial charge on any atom is 0.265 e. The smallest absolute Gasteiger partial charge is 0.265 e. The summed E-state index contributed by atoms with van der Waals surface area (Å²) in [6.07, 6.45) is 0.370. The first-order chi connectivity index (χ1) is 12.3. The Hall–Kier alpha value is -2.38. The van der Waals surface area contributed by atoms with E-state index in [2.05, 4.69) is 0 Å². The van der Waals surface area contributed by atoms with E-state index in [-0.39, 0.29) is 15.8 Å². The van der Waals surface area contributed by atoms with Crippen molar-refractivity contribution in [1.29, 1.82) is 0 Å². The first kappa shape index (κ1) is 18.4. The lowest BCUT2D eigenvalue weighted by Gasteiger charge is -2.48. The monoisotopic (exact) mass is 392 g/mol. The van der Waals surface area contributed by atoms with Gasteiger partial charge >= 0.3 is 0 Å². The summed E-state index contributed by atoms with van der Waals surface area (Å²) in [4.78, 5) is 26.5. The van der Waals surface area contributed by atoms with Crippen LogP contribution in [0.15, 0.2) is 59.5 Å². The molecule has 8 heteroatoms. The number of nitrogens with zero attached hydrogens (tertiary/aromatic N) is 1. The van der Waals surface area contributed by atoms with Crippen molar-refractivity contribution in [3.8, 4) is 0 Å². The molecule has 0 aliphatic carbocycles. The zero-order chi connectivity index (χ0) is 18.9. The second kappa shape index (κ2) is 6.74. The van der Waals surface area contributed by atoms with Crippen molar-refractivity contribution in [3.05, 3.63) is 65.2 Å². The topological polar surface area (TPSA) is 83.6 Å². The van der Waals surface area contributed by atoms with Gasteiger partial charge in [0.25, 0.3) is 21.8 Å². The Labute approximate surface area is 156 Å². The van der Waals surface area contributed by atoms with E-state index < -0.39 is 21.5 Å². The first-order valence-corrected chi connectivity index (χ1v) is 9.80. The summed E-state index contributed by atoms with van der Waals surface area (Å²) < 4.78 is 27.0. The lowest BCUT2D eigenvalue weighted by atomic mass is 9.85. The van der Waals surface area contributed by atoms with Gasteiger partial charge in [-0.3, -0.25) is 9.59 Å². The number of rotatable bonds is 4. The van der Waals surface area contributed by atoms with Crippen LogP contribution in [0.4, 0.5) is 0 Å². The molecule has 1 heterocycles. The molecule has 1 unspecified atom stereocenters. The predicted molar refractivity (Wildman–Crippen MR) is 97.3 cm³/mol. The van der Waals surface area contributed by atoms with Gasteiger partial charge in [0.15, 0.2) is 0 Å². The van der Waals surface area contributed by atoms with Crippen LogP contribution in [0.2, 0.25) is 5.02 Å². The minimum Gasteiger partial charge on any atom is -0.324 e. The highest BCUT2D eigenvalue weighted by molar-refractivity contribution is 7.90. The molecule has 0 bridgehead atoms. The van der Waals surface area contributed by atoms with Crippen molar-refractivity contribution in [2.24, 2.45) is 0 Å². The molecule has 3 rings (SSSR count). The molecular weight excluding hydrogens is 376 g/mol. The third kappa shape index (κ3) is 3.20. The molecule has 0 aromatic heterocycles. The van der Waals surface area contributed by atoms with Crippen molar-refractivity contribution in [3.63, 3.8) is 0 Å². The summed E-state index contributed by atoms with van der Waals surface area (Å²) in [5.41, 5.74) is -0.790. The van der Waals surface area contributed by atoms with Gasteiger partial charge in [0.1, 0.15) is 10.4 Å². The van der Waals surface area contributed by atoms with Crippen LogP contribution in [0, 0.1) is 0 Å². The van der Waals surface area contributed by atoms with Crippen LogP contribution in [0.1, 0.15) is 23.7 Å². The van der Waals surface area contributed by atoms with E-state index in [4.69, 9.17) is 11.6 Å². The maximum absolute atomic E-state index is 12.7. The number of hydrogen-bond donors (Lipinski definition) is 1. The van der Waals surface area contributed by atoms with Crippen LogP contribution >= 0.6 is 11.6 Å². The van der Waals surface area contributed by atoms with E-state index in [0.717, 1.165) is 0 Å².